The largest absolute Gasteiger partial charge is 0.369 e. The van der Waals surface area contributed by atoms with Crippen molar-refractivity contribution in [1.82, 2.24) is 30.2 Å². The fourth-order valence-corrected chi connectivity index (χ4v) is 4.48. The lowest BCUT2D eigenvalue weighted by Crippen LogP contribution is -2.26. The molecule has 0 aliphatic carbocycles. The van der Waals surface area contributed by atoms with Crippen LogP contribution in [0.3, 0.4) is 0 Å². The Morgan fingerprint density at radius 1 is 1.23 bits per heavy atom. The van der Waals surface area contributed by atoms with Crippen molar-refractivity contribution in [1.29, 1.82) is 0 Å². The predicted octanol–water partition coefficient (Wildman–Crippen LogP) is 1.62. The molecule has 0 aliphatic rings. The molecule has 3 heterocycles. The molecule has 0 bridgehead atoms. The molecular weight excluding hydrogens is 461 g/mol. The van der Waals surface area contributed by atoms with E-state index in [0.29, 0.717) is 29.4 Å². The molecule has 1 amide bonds. The average Bonchev–Trinajstić information content (AvgIpc) is 2.85. The Balaban J connectivity index is 1.53. The number of thioether (sulfide) groups is 1. The number of H-pyrrole nitrogens is 1. The van der Waals surface area contributed by atoms with Crippen LogP contribution in [0.15, 0.2) is 47.7 Å². The molecule has 4 aromatic rings. The molecule has 0 saturated heterocycles. The number of rotatable bonds is 8. The van der Waals surface area contributed by atoms with E-state index in [1.165, 1.54) is 6.33 Å². The summed E-state index contributed by atoms with van der Waals surface area (Å²) in [5.41, 5.74) is 2.87. The van der Waals surface area contributed by atoms with Gasteiger partial charge in [-0.1, -0.05) is 18.2 Å². The van der Waals surface area contributed by atoms with Gasteiger partial charge in [0.2, 0.25) is 0 Å². The summed E-state index contributed by atoms with van der Waals surface area (Å²) in [5, 5.41) is 7.04. The summed E-state index contributed by atoms with van der Waals surface area (Å²) in [5.74, 6) is 0.878. The molecule has 176 valence electrons. The van der Waals surface area contributed by atoms with E-state index in [9.17, 15) is 9.59 Å². The minimum atomic E-state index is -0.346. The average molecular weight is 485 g/mol. The highest BCUT2D eigenvalue weighted by molar-refractivity contribution is 7.99. The van der Waals surface area contributed by atoms with Gasteiger partial charge in [0, 0.05) is 42.1 Å². The highest BCUT2D eigenvalue weighted by Gasteiger charge is 2.16. The predicted molar refractivity (Wildman–Crippen MR) is 141 cm³/mol. The molecule has 35 heavy (non-hydrogen) atoms. The number of carbonyl (C=O) groups excluding carboxylic acids is 1. The van der Waals surface area contributed by atoms with Gasteiger partial charge in [0.05, 0.1) is 22.3 Å². The Morgan fingerprint density at radius 2 is 2.06 bits per heavy atom. The molecule has 11 heteroatoms. The number of pyridine rings is 1. The van der Waals surface area contributed by atoms with Crippen molar-refractivity contribution in [3.63, 3.8) is 0 Å². The van der Waals surface area contributed by atoms with Crippen molar-refractivity contribution in [3.05, 3.63) is 70.2 Å². The fraction of sp³-hybridized carbons (Fsp3) is 0.250. The van der Waals surface area contributed by atoms with Gasteiger partial charge in [0.15, 0.2) is 0 Å². The molecule has 3 aromatic heterocycles. The molecule has 3 N–H and O–H groups in total. The van der Waals surface area contributed by atoms with Crippen molar-refractivity contribution in [2.45, 2.75) is 18.6 Å². The second kappa shape index (κ2) is 10.7. The van der Waals surface area contributed by atoms with Gasteiger partial charge >= 0.3 is 0 Å². The maximum atomic E-state index is 12.4. The Bertz CT molecular complexity index is 1440. The zero-order valence-corrected chi connectivity index (χ0v) is 20.4. The van der Waals surface area contributed by atoms with Gasteiger partial charge in [-0.2, -0.15) is 11.8 Å². The van der Waals surface area contributed by atoms with Gasteiger partial charge in [-0.25, -0.2) is 9.97 Å². The van der Waals surface area contributed by atoms with Crippen LogP contribution in [0.2, 0.25) is 0 Å². The van der Waals surface area contributed by atoms with Crippen molar-refractivity contribution in [2.75, 3.05) is 25.2 Å². The van der Waals surface area contributed by atoms with E-state index in [2.05, 4.69) is 35.6 Å². The normalized spacial score (nSPS) is 11.9. The van der Waals surface area contributed by atoms with Gasteiger partial charge in [-0.3, -0.25) is 19.6 Å². The third-order valence-corrected chi connectivity index (χ3v) is 6.61. The first-order chi connectivity index (χ1) is 16.9. The fourth-order valence-electron chi connectivity index (χ4n) is 3.88. The number of nitrogens with zero attached hydrogens (tertiary/aromatic N) is 4. The maximum Gasteiger partial charge on any atom is 0.259 e. The van der Waals surface area contributed by atoms with Crippen LogP contribution in [0.25, 0.3) is 22.2 Å². The standard InChI is InChI=1S/C24H24BN7O2S/c1-13-31-22(25)20(24(34)32-13)18-10-19(30-12-29-18)28-11-15(35-3)9-14-5-4-6-16-17(23(33)26-2)7-8-27-21(14)16/h4-8,10,12,15H,9,11H2,1-3H3,(H,26,33)(H,28,29,30)(H,31,32,34). The third kappa shape index (κ3) is 5.35. The first-order valence-corrected chi connectivity index (χ1v) is 12.2. The number of carbonyl (C=O) groups is 1. The number of hydrogen-bond donors (Lipinski definition) is 3. The number of hydrogen-bond acceptors (Lipinski definition) is 8. The van der Waals surface area contributed by atoms with Gasteiger partial charge in [-0.15, -0.1) is 0 Å². The Morgan fingerprint density at radius 3 is 2.80 bits per heavy atom. The van der Waals surface area contributed by atoms with Crippen LogP contribution in [-0.2, 0) is 6.42 Å². The van der Waals surface area contributed by atoms with E-state index < -0.39 is 0 Å². The zero-order valence-electron chi connectivity index (χ0n) is 19.6. The van der Waals surface area contributed by atoms with Crippen molar-refractivity contribution in [3.8, 4) is 11.3 Å². The van der Waals surface area contributed by atoms with Crippen molar-refractivity contribution >= 4 is 47.8 Å². The SMILES string of the molecule is [B]c1nc(C)[nH]c(=O)c1-c1cc(NCC(Cc2cccc3c(C(=O)NC)ccnc23)SC)ncn1. The summed E-state index contributed by atoms with van der Waals surface area (Å²) in [4.78, 5) is 44.5. The summed E-state index contributed by atoms with van der Waals surface area (Å²) in [7, 11) is 7.59. The van der Waals surface area contributed by atoms with E-state index in [0.717, 1.165) is 22.9 Å². The summed E-state index contributed by atoms with van der Waals surface area (Å²) in [6.07, 6.45) is 5.84. The van der Waals surface area contributed by atoms with E-state index >= 15 is 0 Å². The maximum absolute atomic E-state index is 12.4. The van der Waals surface area contributed by atoms with Crippen molar-refractivity contribution < 1.29 is 4.79 Å². The summed E-state index contributed by atoms with van der Waals surface area (Å²) in [6, 6.07) is 9.31. The molecule has 1 unspecified atom stereocenters. The second-order valence-corrected chi connectivity index (χ2v) is 9.03. The number of aromatic nitrogens is 5. The minimum absolute atomic E-state index is 0.123. The first-order valence-electron chi connectivity index (χ1n) is 11.0. The Hall–Kier alpha value is -3.73. The molecule has 4 rings (SSSR count). The number of aryl methyl sites for hydroxylation is 1. The molecule has 2 radical (unpaired) electrons. The van der Waals surface area contributed by atoms with E-state index in [1.807, 2.05) is 24.5 Å². The highest BCUT2D eigenvalue weighted by Crippen LogP contribution is 2.24. The molecule has 1 atom stereocenters. The van der Waals surface area contributed by atoms with Crippen LogP contribution in [0.1, 0.15) is 21.7 Å². The van der Waals surface area contributed by atoms with Crippen LogP contribution in [0, 0.1) is 6.92 Å². The van der Waals surface area contributed by atoms with Gasteiger partial charge in [0.1, 0.15) is 25.8 Å². The summed E-state index contributed by atoms with van der Waals surface area (Å²) in [6.45, 7) is 2.28. The third-order valence-electron chi connectivity index (χ3n) is 5.61. The monoisotopic (exact) mass is 485 g/mol. The molecule has 0 saturated carbocycles. The molecular formula is C24H24BN7O2S. The minimum Gasteiger partial charge on any atom is -0.369 e. The van der Waals surface area contributed by atoms with Crippen LogP contribution in [-0.4, -0.2) is 63.8 Å². The zero-order chi connectivity index (χ0) is 24.9. The molecule has 9 nitrogen and oxygen atoms in total. The van der Waals surface area contributed by atoms with Gasteiger partial charge < -0.3 is 15.6 Å². The summed E-state index contributed by atoms with van der Waals surface area (Å²) < 4.78 is 0. The first kappa shape index (κ1) is 24.4. The quantitative estimate of drug-likeness (QED) is 0.322. The second-order valence-electron chi connectivity index (χ2n) is 7.89. The van der Waals surface area contributed by atoms with Gasteiger partial charge in [0.25, 0.3) is 11.5 Å². The number of amides is 1. The highest BCUT2D eigenvalue weighted by atomic mass is 32.2. The van der Waals surface area contributed by atoms with Crippen LogP contribution in [0.5, 0.6) is 0 Å². The lowest BCUT2D eigenvalue weighted by Gasteiger charge is -2.17. The molecule has 0 spiro atoms. The Kier molecular flexibility index (Phi) is 7.45. The number of benzene rings is 1. The lowest BCUT2D eigenvalue weighted by atomic mass is 9.96. The smallest absolute Gasteiger partial charge is 0.259 e. The van der Waals surface area contributed by atoms with E-state index in [4.69, 9.17) is 7.85 Å². The van der Waals surface area contributed by atoms with E-state index in [-0.39, 0.29) is 27.9 Å². The topological polar surface area (TPSA) is 126 Å². The van der Waals surface area contributed by atoms with Crippen LogP contribution < -0.4 is 21.8 Å². The van der Waals surface area contributed by atoms with Crippen LogP contribution in [0.4, 0.5) is 5.82 Å². The lowest BCUT2D eigenvalue weighted by molar-refractivity contribution is 0.0964. The number of anilines is 1. The summed E-state index contributed by atoms with van der Waals surface area (Å²) >= 11 is 1.72. The van der Waals surface area contributed by atoms with Crippen LogP contribution >= 0.6 is 11.8 Å². The van der Waals surface area contributed by atoms with Gasteiger partial charge in [-0.05, 0) is 31.2 Å². The number of fused-ring (bicyclic) bond motifs is 1. The molecule has 0 fully saturated rings. The number of nitrogens with one attached hydrogen (secondary N) is 3. The van der Waals surface area contributed by atoms with Crippen molar-refractivity contribution in [2.24, 2.45) is 0 Å². The molecule has 0 aliphatic heterocycles. The number of para-hydroxylation sites is 1. The molecule has 1 aromatic carbocycles. The Labute approximate surface area is 208 Å². The van der Waals surface area contributed by atoms with E-state index in [1.54, 1.807) is 44.1 Å². The number of aromatic amines is 1.